The van der Waals surface area contributed by atoms with Crippen molar-refractivity contribution in [2.75, 3.05) is 7.11 Å². The van der Waals surface area contributed by atoms with Crippen LogP contribution in [0.4, 0.5) is 4.39 Å². The third-order valence-electron chi connectivity index (χ3n) is 1.67. The molecule has 2 N–H and O–H groups in total. The van der Waals surface area contributed by atoms with E-state index >= 15 is 0 Å². The fourth-order valence-electron chi connectivity index (χ4n) is 1.09. The van der Waals surface area contributed by atoms with Crippen molar-refractivity contribution in [3.8, 4) is 0 Å². The molecule has 1 rings (SSSR count). The topological polar surface area (TPSA) is 69.4 Å². The molecule has 0 atom stereocenters. The molecule has 0 heterocycles. The minimum Gasteiger partial charge on any atom is -0.380 e. The van der Waals surface area contributed by atoms with Gasteiger partial charge in [-0.2, -0.15) is 0 Å². The molecule has 14 heavy (non-hydrogen) atoms. The molecule has 0 amide bonds. The second-order valence-corrected chi connectivity index (χ2v) is 4.22. The highest BCUT2D eigenvalue weighted by molar-refractivity contribution is 7.89. The molecular formula is C8H10FNO3S. The molecule has 0 saturated carbocycles. The summed E-state index contributed by atoms with van der Waals surface area (Å²) in [5, 5.41) is 4.91. The number of nitrogens with two attached hydrogens (primary N) is 1. The average molecular weight is 219 g/mol. The van der Waals surface area contributed by atoms with Gasteiger partial charge in [-0.1, -0.05) is 6.07 Å². The molecule has 6 heteroatoms. The molecule has 0 fully saturated rings. The van der Waals surface area contributed by atoms with Gasteiger partial charge < -0.3 is 4.74 Å². The van der Waals surface area contributed by atoms with Crippen LogP contribution >= 0.6 is 0 Å². The first-order valence-corrected chi connectivity index (χ1v) is 5.30. The van der Waals surface area contributed by atoms with Gasteiger partial charge in [-0.3, -0.25) is 0 Å². The Bertz CT molecular complexity index is 430. The lowest BCUT2D eigenvalue weighted by Gasteiger charge is -2.07. The Balaban J connectivity index is 3.36. The van der Waals surface area contributed by atoms with Gasteiger partial charge in [0.1, 0.15) is 5.82 Å². The normalized spacial score (nSPS) is 11.6. The Hall–Kier alpha value is -0.980. The molecule has 4 nitrogen and oxygen atoms in total. The summed E-state index contributed by atoms with van der Waals surface area (Å²) in [5.74, 6) is -0.640. The fraction of sp³-hybridized carbons (Fsp3) is 0.250. The Kier molecular flexibility index (Phi) is 3.20. The van der Waals surface area contributed by atoms with Crippen LogP contribution in [-0.2, 0) is 21.4 Å². The number of benzene rings is 1. The fourth-order valence-corrected chi connectivity index (χ4v) is 1.86. The van der Waals surface area contributed by atoms with Crippen molar-refractivity contribution in [3.63, 3.8) is 0 Å². The van der Waals surface area contributed by atoms with E-state index in [0.717, 1.165) is 6.07 Å². The molecule has 0 aromatic heterocycles. The van der Waals surface area contributed by atoms with E-state index in [9.17, 15) is 12.8 Å². The maximum absolute atomic E-state index is 13.2. The summed E-state index contributed by atoms with van der Waals surface area (Å²) in [6.45, 7) is -0.127. The maximum Gasteiger partial charge on any atom is 0.238 e. The molecule has 0 bridgehead atoms. The molecule has 0 unspecified atom stereocenters. The van der Waals surface area contributed by atoms with Crippen LogP contribution in [0.1, 0.15) is 5.56 Å². The lowest BCUT2D eigenvalue weighted by Crippen LogP contribution is -2.15. The van der Waals surface area contributed by atoms with Crippen molar-refractivity contribution in [1.82, 2.24) is 0 Å². The van der Waals surface area contributed by atoms with Crippen LogP contribution in [0.2, 0.25) is 0 Å². The van der Waals surface area contributed by atoms with Crippen molar-refractivity contribution in [3.05, 3.63) is 29.6 Å². The first kappa shape index (κ1) is 11.1. The Morgan fingerprint density at radius 2 is 2.14 bits per heavy atom. The van der Waals surface area contributed by atoms with Crippen molar-refractivity contribution >= 4 is 10.0 Å². The molecule has 1 aromatic carbocycles. The summed E-state index contributed by atoms with van der Waals surface area (Å²) in [4.78, 5) is -0.237. The molecule has 0 radical (unpaired) electrons. The highest BCUT2D eigenvalue weighted by Gasteiger charge is 2.16. The first-order chi connectivity index (χ1) is 6.46. The Labute approximate surface area is 81.5 Å². The number of hydrogen-bond acceptors (Lipinski definition) is 3. The predicted molar refractivity (Wildman–Crippen MR) is 48.5 cm³/mol. The van der Waals surface area contributed by atoms with Gasteiger partial charge >= 0.3 is 0 Å². The Morgan fingerprint density at radius 1 is 1.50 bits per heavy atom. The van der Waals surface area contributed by atoms with Crippen LogP contribution in [0.5, 0.6) is 0 Å². The average Bonchev–Trinajstić information content (AvgIpc) is 2.07. The number of sulfonamides is 1. The molecule has 0 aliphatic heterocycles. The summed E-state index contributed by atoms with van der Waals surface area (Å²) in [7, 11) is -2.55. The summed E-state index contributed by atoms with van der Waals surface area (Å²) in [6, 6.07) is 3.68. The van der Waals surface area contributed by atoms with E-state index in [-0.39, 0.29) is 17.1 Å². The second kappa shape index (κ2) is 4.04. The molecule has 78 valence electrons. The van der Waals surface area contributed by atoms with Crippen LogP contribution in [-0.4, -0.2) is 15.5 Å². The third-order valence-corrected chi connectivity index (χ3v) is 2.67. The van der Waals surface area contributed by atoms with E-state index in [4.69, 9.17) is 5.14 Å². The quantitative estimate of drug-likeness (QED) is 0.810. The number of primary sulfonamides is 1. The summed E-state index contributed by atoms with van der Waals surface area (Å²) in [6.07, 6.45) is 0. The Morgan fingerprint density at radius 3 is 2.64 bits per heavy atom. The predicted octanol–water partition coefficient (Wildman–Crippen LogP) is 0.620. The minimum atomic E-state index is -3.90. The molecule has 0 spiro atoms. The van der Waals surface area contributed by atoms with Crippen LogP contribution in [0.25, 0.3) is 0 Å². The van der Waals surface area contributed by atoms with Crippen molar-refractivity contribution in [2.45, 2.75) is 11.5 Å². The monoisotopic (exact) mass is 219 g/mol. The molecule has 0 aliphatic rings. The molecule has 0 aliphatic carbocycles. The largest absolute Gasteiger partial charge is 0.380 e. The summed E-state index contributed by atoms with van der Waals surface area (Å²) < 4.78 is 39.9. The van der Waals surface area contributed by atoms with Gasteiger partial charge in [0.2, 0.25) is 10.0 Å². The lowest BCUT2D eigenvalue weighted by molar-refractivity contribution is 0.179. The number of ether oxygens (including phenoxy) is 1. The lowest BCUT2D eigenvalue weighted by atomic mass is 10.2. The number of hydrogen-bond donors (Lipinski definition) is 1. The van der Waals surface area contributed by atoms with Gasteiger partial charge in [0.15, 0.2) is 0 Å². The maximum atomic E-state index is 13.2. The SMILES string of the molecule is COCc1c(F)cccc1S(N)(=O)=O. The van der Waals surface area contributed by atoms with E-state index in [1.165, 1.54) is 19.2 Å². The van der Waals surface area contributed by atoms with E-state index in [1.807, 2.05) is 0 Å². The summed E-state index contributed by atoms with van der Waals surface area (Å²) >= 11 is 0. The van der Waals surface area contributed by atoms with Crippen LogP contribution in [0, 0.1) is 5.82 Å². The minimum absolute atomic E-state index is 0.0440. The smallest absolute Gasteiger partial charge is 0.238 e. The molecule has 0 saturated heterocycles. The third kappa shape index (κ3) is 2.28. The molecule has 1 aromatic rings. The van der Waals surface area contributed by atoms with Gasteiger partial charge in [0.25, 0.3) is 0 Å². The van der Waals surface area contributed by atoms with Gasteiger partial charge in [-0.05, 0) is 12.1 Å². The van der Waals surface area contributed by atoms with E-state index < -0.39 is 15.8 Å². The zero-order valence-electron chi connectivity index (χ0n) is 7.53. The zero-order chi connectivity index (χ0) is 10.8. The van der Waals surface area contributed by atoms with E-state index in [1.54, 1.807) is 0 Å². The number of methoxy groups -OCH3 is 1. The molecular weight excluding hydrogens is 209 g/mol. The van der Waals surface area contributed by atoms with Gasteiger partial charge in [0.05, 0.1) is 11.5 Å². The highest BCUT2D eigenvalue weighted by atomic mass is 32.2. The van der Waals surface area contributed by atoms with Crippen LogP contribution in [0.15, 0.2) is 23.1 Å². The highest BCUT2D eigenvalue weighted by Crippen LogP contribution is 2.18. The summed E-state index contributed by atoms with van der Waals surface area (Å²) in [5.41, 5.74) is -0.0440. The van der Waals surface area contributed by atoms with E-state index in [2.05, 4.69) is 4.74 Å². The van der Waals surface area contributed by atoms with Gasteiger partial charge in [0, 0.05) is 12.7 Å². The zero-order valence-corrected chi connectivity index (χ0v) is 8.34. The van der Waals surface area contributed by atoms with Crippen LogP contribution < -0.4 is 5.14 Å². The standard InChI is InChI=1S/C8H10FNO3S/c1-13-5-6-7(9)3-2-4-8(6)14(10,11)12/h2-4H,5H2,1H3,(H2,10,11,12). The van der Waals surface area contributed by atoms with Crippen molar-refractivity contribution in [2.24, 2.45) is 5.14 Å². The number of rotatable bonds is 3. The van der Waals surface area contributed by atoms with Crippen LogP contribution in [0.3, 0.4) is 0 Å². The van der Waals surface area contributed by atoms with E-state index in [0.29, 0.717) is 0 Å². The van der Waals surface area contributed by atoms with Gasteiger partial charge in [-0.15, -0.1) is 0 Å². The van der Waals surface area contributed by atoms with Crippen molar-refractivity contribution in [1.29, 1.82) is 0 Å². The van der Waals surface area contributed by atoms with Gasteiger partial charge in [-0.25, -0.2) is 17.9 Å². The number of halogens is 1. The van der Waals surface area contributed by atoms with Crippen molar-refractivity contribution < 1.29 is 17.5 Å². The first-order valence-electron chi connectivity index (χ1n) is 3.76. The second-order valence-electron chi connectivity index (χ2n) is 2.69.